The molecule has 0 atom stereocenters. The third-order valence-corrected chi connectivity index (χ3v) is 4.37. The molecule has 0 aromatic heterocycles. The highest BCUT2D eigenvalue weighted by Gasteiger charge is 2.39. The van der Waals surface area contributed by atoms with Crippen LogP contribution in [0.5, 0.6) is 5.75 Å². The predicted molar refractivity (Wildman–Crippen MR) is 82.7 cm³/mol. The minimum Gasteiger partial charge on any atom is -0.477 e. The van der Waals surface area contributed by atoms with Gasteiger partial charge in [0.1, 0.15) is 11.4 Å². The van der Waals surface area contributed by atoms with Crippen LogP contribution in [0.2, 0.25) is 0 Å². The number of nitro groups is 1. The Bertz CT molecular complexity index is 680. The zero-order valence-electron chi connectivity index (χ0n) is 13.3. The molecule has 8 heteroatoms. The molecule has 1 aliphatic rings. The van der Waals surface area contributed by atoms with Gasteiger partial charge in [-0.2, -0.15) is 5.26 Å². The smallest absolute Gasteiger partial charge is 0.311 e. The van der Waals surface area contributed by atoms with E-state index in [1.54, 1.807) is 0 Å². The van der Waals surface area contributed by atoms with Gasteiger partial charge >= 0.3 is 5.69 Å². The summed E-state index contributed by atoms with van der Waals surface area (Å²) in [6.45, 7) is -0.496. The van der Waals surface area contributed by atoms with E-state index in [1.165, 1.54) is 11.9 Å². The molecule has 7 nitrogen and oxygen atoms in total. The van der Waals surface area contributed by atoms with Crippen LogP contribution in [-0.2, 0) is 4.79 Å². The summed E-state index contributed by atoms with van der Waals surface area (Å²) in [4.78, 5) is 23.9. The third-order valence-electron chi connectivity index (χ3n) is 4.37. The molecule has 0 saturated heterocycles. The Morgan fingerprint density at radius 3 is 2.71 bits per heavy atom. The molecule has 0 N–H and O–H groups in total. The van der Waals surface area contributed by atoms with Gasteiger partial charge in [0.05, 0.1) is 11.0 Å². The summed E-state index contributed by atoms with van der Waals surface area (Å²) in [5.41, 5.74) is -1.29. The lowest BCUT2D eigenvalue weighted by molar-refractivity contribution is -0.385. The highest BCUT2D eigenvalue weighted by atomic mass is 19.1. The van der Waals surface area contributed by atoms with Gasteiger partial charge in [-0.3, -0.25) is 14.9 Å². The maximum atomic E-state index is 13.3. The Morgan fingerprint density at radius 2 is 2.12 bits per heavy atom. The van der Waals surface area contributed by atoms with Gasteiger partial charge in [-0.15, -0.1) is 0 Å². The lowest BCUT2D eigenvalue weighted by atomic mass is 9.81. The van der Waals surface area contributed by atoms with Crippen LogP contribution < -0.4 is 4.74 Å². The van der Waals surface area contributed by atoms with E-state index in [9.17, 15) is 24.6 Å². The number of benzene rings is 1. The minimum absolute atomic E-state index is 0.309. The zero-order chi connectivity index (χ0) is 17.7. The number of hydrogen-bond donors (Lipinski definition) is 0. The monoisotopic (exact) mass is 335 g/mol. The lowest BCUT2D eigenvalue weighted by Crippen LogP contribution is -2.51. The Labute approximate surface area is 138 Å². The first kappa shape index (κ1) is 17.7. The van der Waals surface area contributed by atoms with Gasteiger partial charge in [0, 0.05) is 19.2 Å². The molecule has 0 aliphatic heterocycles. The summed E-state index contributed by atoms with van der Waals surface area (Å²) < 4.78 is 18.4. The molecule has 0 spiro atoms. The van der Waals surface area contributed by atoms with Crippen LogP contribution >= 0.6 is 0 Å². The fourth-order valence-corrected chi connectivity index (χ4v) is 2.89. The van der Waals surface area contributed by atoms with E-state index in [2.05, 4.69) is 6.07 Å². The van der Waals surface area contributed by atoms with Gasteiger partial charge in [0.2, 0.25) is 5.75 Å². The molecule has 0 bridgehead atoms. The number of rotatable bonds is 5. The van der Waals surface area contributed by atoms with E-state index in [1.807, 2.05) is 0 Å². The lowest BCUT2D eigenvalue weighted by Gasteiger charge is -2.38. The van der Waals surface area contributed by atoms with E-state index in [4.69, 9.17) is 4.74 Å². The summed E-state index contributed by atoms with van der Waals surface area (Å²) in [7, 11) is 1.53. The van der Waals surface area contributed by atoms with Crippen LogP contribution in [0.4, 0.5) is 10.1 Å². The second kappa shape index (κ2) is 7.25. The average Bonchev–Trinajstić information content (AvgIpc) is 2.59. The first-order valence-electron chi connectivity index (χ1n) is 7.64. The van der Waals surface area contributed by atoms with Crippen LogP contribution in [0, 0.1) is 27.3 Å². The highest BCUT2D eigenvalue weighted by Crippen LogP contribution is 2.33. The Morgan fingerprint density at radius 1 is 1.46 bits per heavy atom. The fraction of sp³-hybridized carbons (Fsp3) is 0.500. The third kappa shape index (κ3) is 3.62. The topological polar surface area (TPSA) is 96.5 Å². The van der Waals surface area contributed by atoms with Crippen molar-refractivity contribution in [3.63, 3.8) is 0 Å². The number of nitriles is 1. The molecule has 2 rings (SSSR count). The van der Waals surface area contributed by atoms with Crippen molar-refractivity contribution in [3.05, 3.63) is 34.1 Å². The number of halogens is 1. The largest absolute Gasteiger partial charge is 0.477 e. The van der Waals surface area contributed by atoms with Crippen molar-refractivity contribution in [1.82, 2.24) is 4.90 Å². The summed E-state index contributed by atoms with van der Waals surface area (Å²) in [5.74, 6) is -1.48. The van der Waals surface area contributed by atoms with Gasteiger partial charge in [0.25, 0.3) is 5.91 Å². The summed E-state index contributed by atoms with van der Waals surface area (Å²) in [6.07, 6.45) is 3.93. The van der Waals surface area contributed by atoms with Gasteiger partial charge in [-0.05, 0) is 18.9 Å². The first-order valence-corrected chi connectivity index (χ1v) is 7.64. The Balaban J connectivity index is 2.09. The second-order valence-corrected chi connectivity index (χ2v) is 5.81. The number of ether oxygens (including phenoxy) is 1. The van der Waals surface area contributed by atoms with Gasteiger partial charge in [0.15, 0.2) is 6.61 Å². The highest BCUT2D eigenvalue weighted by molar-refractivity contribution is 5.79. The molecule has 1 saturated carbocycles. The van der Waals surface area contributed by atoms with Crippen LogP contribution in [0.25, 0.3) is 0 Å². The van der Waals surface area contributed by atoms with Crippen molar-refractivity contribution >= 4 is 11.6 Å². The average molecular weight is 335 g/mol. The molecule has 128 valence electrons. The molecule has 1 aromatic carbocycles. The van der Waals surface area contributed by atoms with E-state index >= 15 is 0 Å². The van der Waals surface area contributed by atoms with Crippen molar-refractivity contribution in [2.24, 2.45) is 0 Å². The molecule has 1 aromatic rings. The van der Waals surface area contributed by atoms with E-state index in [-0.39, 0.29) is 5.75 Å². The van der Waals surface area contributed by atoms with Crippen molar-refractivity contribution in [1.29, 1.82) is 5.26 Å². The standard InChI is InChI=1S/C16H18FN3O4/c1-19(16(11-18)7-3-2-4-8-16)15(21)10-24-14-9-12(17)5-6-13(14)20(22)23/h5-6,9H,2-4,7-8,10H2,1H3. The number of carbonyl (C=O) groups is 1. The quantitative estimate of drug-likeness (QED) is 0.609. The number of nitro benzene ring substituents is 1. The number of hydrogen-bond acceptors (Lipinski definition) is 5. The maximum Gasteiger partial charge on any atom is 0.311 e. The molecule has 1 amide bonds. The zero-order valence-corrected chi connectivity index (χ0v) is 13.3. The molecule has 24 heavy (non-hydrogen) atoms. The van der Waals surface area contributed by atoms with Crippen molar-refractivity contribution in [2.75, 3.05) is 13.7 Å². The maximum absolute atomic E-state index is 13.3. The fourth-order valence-electron chi connectivity index (χ4n) is 2.89. The SMILES string of the molecule is CN(C(=O)COc1cc(F)ccc1[N+](=O)[O-])C1(C#N)CCCCC1. The van der Waals surface area contributed by atoms with Crippen LogP contribution in [0.15, 0.2) is 18.2 Å². The summed E-state index contributed by atoms with van der Waals surface area (Å²) >= 11 is 0. The summed E-state index contributed by atoms with van der Waals surface area (Å²) in [5, 5.41) is 20.4. The molecular weight excluding hydrogens is 317 g/mol. The first-order chi connectivity index (χ1) is 11.4. The van der Waals surface area contributed by atoms with E-state index in [0.29, 0.717) is 12.8 Å². The number of likely N-dealkylation sites (N-methyl/N-ethyl adjacent to an activating group) is 1. The van der Waals surface area contributed by atoms with Crippen molar-refractivity contribution in [3.8, 4) is 11.8 Å². The van der Waals surface area contributed by atoms with Gasteiger partial charge in [-0.25, -0.2) is 4.39 Å². The van der Waals surface area contributed by atoms with Crippen LogP contribution in [0.1, 0.15) is 32.1 Å². The normalized spacial score (nSPS) is 16.0. The second-order valence-electron chi connectivity index (χ2n) is 5.81. The molecule has 1 fully saturated rings. The van der Waals surface area contributed by atoms with Crippen LogP contribution in [-0.4, -0.2) is 34.9 Å². The number of amides is 1. The van der Waals surface area contributed by atoms with Gasteiger partial charge in [-0.1, -0.05) is 19.3 Å². The molecule has 1 aliphatic carbocycles. The Hall–Kier alpha value is -2.69. The van der Waals surface area contributed by atoms with Gasteiger partial charge < -0.3 is 9.64 Å². The van der Waals surface area contributed by atoms with E-state index < -0.39 is 34.5 Å². The Kier molecular flexibility index (Phi) is 5.34. The van der Waals surface area contributed by atoms with Crippen LogP contribution in [0.3, 0.4) is 0 Å². The molecule has 0 radical (unpaired) electrons. The van der Waals surface area contributed by atoms with E-state index in [0.717, 1.165) is 37.5 Å². The summed E-state index contributed by atoms with van der Waals surface area (Å²) in [6, 6.07) is 5.02. The van der Waals surface area contributed by atoms with Crippen molar-refractivity contribution in [2.45, 2.75) is 37.6 Å². The molecule has 0 unspecified atom stereocenters. The number of carbonyl (C=O) groups excluding carboxylic acids is 1. The molecular formula is C16H18FN3O4. The predicted octanol–water partition coefficient (Wildman–Crippen LogP) is 2.80. The number of nitrogens with zero attached hydrogens (tertiary/aromatic N) is 3. The molecule has 0 heterocycles. The van der Waals surface area contributed by atoms with Crippen molar-refractivity contribution < 1.29 is 18.8 Å². The minimum atomic E-state index is -0.868.